The number of para-hydroxylation sites is 1. The van der Waals surface area contributed by atoms with Crippen LogP contribution in [-0.2, 0) is 11.3 Å². The summed E-state index contributed by atoms with van der Waals surface area (Å²) in [6, 6.07) is 21.2. The number of methoxy groups -OCH3 is 1. The topological polar surface area (TPSA) is 149 Å². The molecule has 1 aromatic heterocycles. The van der Waals surface area contributed by atoms with Gasteiger partial charge in [0.1, 0.15) is 6.61 Å². The highest BCUT2D eigenvalue weighted by Crippen LogP contribution is 2.28. The average Bonchev–Trinajstić information content (AvgIpc) is 3.01. The first-order chi connectivity index (χ1) is 20.1. The number of anilines is 4. The van der Waals surface area contributed by atoms with Crippen molar-refractivity contribution in [2.75, 3.05) is 49.1 Å². The van der Waals surface area contributed by atoms with E-state index in [1.807, 2.05) is 41.3 Å². The number of nitro benzene ring substituents is 1. The Labute approximate surface area is 236 Å². The summed E-state index contributed by atoms with van der Waals surface area (Å²) in [7, 11) is 1.55. The third-order valence-corrected chi connectivity index (χ3v) is 6.05. The van der Waals surface area contributed by atoms with Gasteiger partial charge in [-0.1, -0.05) is 18.2 Å². The molecule has 1 aliphatic heterocycles. The van der Waals surface area contributed by atoms with Crippen molar-refractivity contribution in [3.05, 3.63) is 94.0 Å². The van der Waals surface area contributed by atoms with Crippen molar-refractivity contribution >= 4 is 35.4 Å². The molecule has 0 amide bonds. The van der Waals surface area contributed by atoms with Crippen molar-refractivity contribution in [3.8, 4) is 11.5 Å². The Morgan fingerprint density at radius 1 is 1.00 bits per heavy atom. The maximum atomic E-state index is 10.8. The van der Waals surface area contributed by atoms with Gasteiger partial charge in [0.15, 0.2) is 11.5 Å². The Balaban J connectivity index is 1.27. The summed E-state index contributed by atoms with van der Waals surface area (Å²) in [4.78, 5) is 26.1. The smallest absolute Gasteiger partial charge is 0.269 e. The highest BCUT2D eigenvalue weighted by Gasteiger charge is 2.17. The van der Waals surface area contributed by atoms with Gasteiger partial charge in [-0.05, 0) is 53.6 Å². The van der Waals surface area contributed by atoms with Crippen LogP contribution in [0.2, 0.25) is 0 Å². The SMILES string of the molecule is COc1cc(/C=N/Nc2nc(Nc3ccccc3)nc(N3CCOCC3)n2)ccc1OCc1ccc([N+](=O)[O-])cc1. The number of ether oxygens (including phenoxy) is 3. The van der Waals surface area contributed by atoms with Crippen LogP contribution < -0.4 is 25.1 Å². The van der Waals surface area contributed by atoms with Crippen molar-refractivity contribution < 1.29 is 19.1 Å². The predicted molar refractivity (Wildman–Crippen MR) is 154 cm³/mol. The third kappa shape index (κ3) is 7.42. The number of hydrogen-bond acceptors (Lipinski definition) is 12. The van der Waals surface area contributed by atoms with Crippen molar-refractivity contribution in [1.29, 1.82) is 0 Å². The van der Waals surface area contributed by atoms with E-state index in [4.69, 9.17) is 14.2 Å². The van der Waals surface area contributed by atoms with Crippen molar-refractivity contribution in [2.24, 2.45) is 5.10 Å². The molecule has 0 spiro atoms. The number of hydrazone groups is 1. The van der Waals surface area contributed by atoms with E-state index < -0.39 is 4.92 Å². The van der Waals surface area contributed by atoms with E-state index >= 15 is 0 Å². The van der Waals surface area contributed by atoms with Crippen LogP contribution in [0.1, 0.15) is 11.1 Å². The van der Waals surface area contributed by atoms with Crippen LogP contribution in [0.5, 0.6) is 11.5 Å². The van der Waals surface area contributed by atoms with Crippen LogP contribution in [0, 0.1) is 10.1 Å². The second kappa shape index (κ2) is 13.2. The zero-order valence-corrected chi connectivity index (χ0v) is 22.3. The molecule has 0 saturated carbocycles. The molecule has 1 aliphatic rings. The Kier molecular flexibility index (Phi) is 8.76. The lowest BCUT2D eigenvalue weighted by Gasteiger charge is -2.27. The van der Waals surface area contributed by atoms with Crippen LogP contribution in [0.4, 0.5) is 29.2 Å². The second-order valence-corrected chi connectivity index (χ2v) is 8.87. The molecular formula is C28H28N8O5. The molecule has 0 unspecified atom stereocenters. The standard InChI is InChI=1S/C28H28N8O5/c1-39-25-17-21(9-12-24(25)41-19-20-7-10-23(11-8-20)36(37)38)18-29-34-27-31-26(30-22-5-3-2-4-6-22)32-28(33-27)35-13-15-40-16-14-35/h2-12,17-18H,13-16,19H2,1H3,(H2,30,31,32,33,34)/b29-18+. The highest BCUT2D eigenvalue weighted by molar-refractivity contribution is 5.81. The van der Waals surface area contributed by atoms with Gasteiger partial charge >= 0.3 is 0 Å². The van der Waals surface area contributed by atoms with E-state index in [1.54, 1.807) is 37.6 Å². The average molecular weight is 557 g/mol. The molecule has 0 atom stereocenters. The van der Waals surface area contributed by atoms with Crippen LogP contribution >= 0.6 is 0 Å². The molecule has 5 rings (SSSR count). The quantitative estimate of drug-likeness (QED) is 0.154. The minimum Gasteiger partial charge on any atom is -0.493 e. The molecule has 1 fully saturated rings. The Hall–Kier alpha value is -5.30. The van der Waals surface area contributed by atoms with E-state index in [9.17, 15) is 10.1 Å². The van der Waals surface area contributed by atoms with Crippen LogP contribution in [0.25, 0.3) is 0 Å². The van der Waals surface area contributed by atoms with Gasteiger partial charge < -0.3 is 24.4 Å². The molecule has 13 nitrogen and oxygen atoms in total. The summed E-state index contributed by atoms with van der Waals surface area (Å²) in [5, 5.41) is 18.4. The predicted octanol–water partition coefficient (Wildman–Crippen LogP) is 4.39. The maximum Gasteiger partial charge on any atom is 0.269 e. The number of nitrogens with zero attached hydrogens (tertiary/aromatic N) is 6. The summed E-state index contributed by atoms with van der Waals surface area (Å²) in [5.74, 6) is 2.24. The first-order valence-corrected chi connectivity index (χ1v) is 12.8. The molecule has 4 aromatic rings. The molecular weight excluding hydrogens is 528 g/mol. The zero-order valence-electron chi connectivity index (χ0n) is 22.3. The summed E-state index contributed by atoms with van der Waals surface area (Å²) in [6.45, 7) is 2.78. The highest BCUT2D eigenvalue weighted by atomic mass is 16.6. The molecule has 2 heterocycles. The Morgan fingerprint density at radius 2 is 1.76 bits per heavy atom. The van der Waals surface area contributed by atoms with Gasteiger partial charge in [0, 0.05) is 30.9 Å². The molecule has 1 saturated heterocycles. The molecule has 0 radical (unpaired) electrons. The minimum atomic E-state index is -0.437. The fourth-order valence-corrected chi connectivity index (χ4v) is 3.95. The molecule has 41 heavy (non-hydrogen) atoms. The first-order valence-electron chi connectivity index (χ1n) is 12.8. The minimum absolute atomic E-state index is 0.0294. The van der Waals surface area contributed by atoms with Gasteiger partial charge in [-0.3, -0.25) is 10.1 Å². The number of non-ortho nitro benzene ring substituents is 1. The largest absolute Gasteiger partial charge is 0.493 e. The molecule has 210 valence electrons. The summed E-state index contributed by atoms with van der Waals surface area (Å²) in [6.07, 6.45) is 1.62. The first kappa shape index (κ1) is 27.3. The molecule has 2 N–H and O–H groups in total. The molecule has 3 aromatic carbocycles. The van der Waals surface area contributed by atoms with Crippen molar-refractivity contribution in [3.63, 3.8) is 0 Å². The lowest BCUT2D eigenvalue weighted by molar-refractivity contribution is -0.384. The molecule has 0 aliphatic carbocycles. The van der Waals surface area contributed by atoms with Gasteiger partial charge in [0.2, 0.25) is 17.8 Å². The summed E-state index contributed by atoms with van der Waals surface area (Å²) < 4.78 is 16.8. The monoisotopic (exact) mass is 556 g/mol. The number of morpholine rings is 1. The fraction of sp³-hybridized carbons (Fsp3) is 0.214. The lowest BCUT2D eigenvalue weighted by atomic mass is 10.2. The number of nitrogens with one attached hydrogen (secondary N) is 2. The van der Waals surface area contributed by atoms with E-state index in [1.165, 1.54) is 12.1 Å². The van der Waals surface area contributed by atoms with Crippen molar-refractivity contribution in [2.45, 2.75) is 6.61 Å². The number of nitro groups is 1. The maximum absolute atomic E-state index is 10.8. The van der Waals surface area contributed by atoms with Gasteiger partial charge in [-0.2, -0.15) is 20.1 Å². The second-order valence-electron chi connectivity index (χ2n) is 8.87. The molecule has 0 bridgehead atoms. The van der Waals surface area contributed by atoms with E-state index in [0.717, 1.165) is 16.8 Å². The Morgan fingerprint density at radius 3 is 2.49 bits per heavy atom. The van der Waals surface area contributed by atoms with Crippen LogP contribution in [-0.4, -0.2) is 59.5 Å². The van der Waals surface area contributed by atoms with Gasteiger partial charge in [-0.25, -0.2) is 5.43 Å². The van der Waals surface area contributed by atoms with Crippen LogP contribution in [0.3, 0.4) is 0 Å². The van der Waals surface area contributed by atoms with Crippen LogP contribution in [0.15, 0.2) is 77.9 Å². The third-order valence-electron chi connectivity index (χ3n) is 6.05. The Bertz CT molecular complexity index is 1500. The van der Waals surface area contributed by atoms with Gasteiger partial charge in [-0.15, -0.1) is 0 Å². The fourth-order valence-electron chi connectivity index (χ4n) is 3.95. The van der Waals surface area contributed by atoms with Gasteiger partial charge in [0.05, 0.1) is 31.5 Å². The summed E-state index contributed by atoms with van der Waals surface area (Å²) in [5.41, 5.74) is 5.33. The van der Waals surface area contributed by atoms with Crippen molar-refractivity contribution in [1.82, 2.24) is 15.0 Å². The number of hydrogen-bond donors (Lipinski definition) is 2. The zero-order chi connectivity index (χ0) is 28.4. The van der Waals surface area contributed by atoms with E-state index in [2.05, 4.69) is 30.8 Å². The number of aromatic nitrogens is 3. The molecule has 13 heteroatoms. The van der Waals surface area contributed by atoms with E-state index in [0.29, 0.717) is 49.7 Å². The number of benzene rings is 3. The normalized spacial score (nSPS) is 13.1. The lowest BCUT2D eigenvalue weighted by Crippen LogP contribution is -2.37. The summed E-state index contributed by atoms with van der Waals surface area (Å²) >= 11 is 0. The van der Waals surface area contributed by atoms with Gasteiger partial charge in [0.25, 0.3) is 5.69 Å². The number of rotatable bonds is 11. The van der Waals surface area contributed by atoms with E-state index in [-0.39, 0.29) is 18.2 Å².